The molecule has 1 aromatic carbocycles. The molecule has 0 amide bonds. The molecule has 0 aliphatic heterocycles. The van der Waals surface area contributed by atoms with Gasteiger partial charge in [0.15, 0.2) is 11.0 Å². The number of halogens is 2. The Hall–Kier alpha value is -0.610. The van der Waals surface area contributed by atoms with Gasteiger partial charge in [-0.2, -0.15) is 0 Å². The second-order valence-corrected chi connectivity index (χ2v) is 7.60. The molecular weight excluding hydrogens is 469 g/mol. The highest BCUT2D eigenvalue weighted by Crippen LogP contribution is 2.32. The van der Waals surface area contributed by atoms with Crippen molar-refractivity contribution in [3.63, 3.8) is 0 Å². The quantitative estimate of drug-likeness (QED) is 0.515. The highest BCUT2D eigenvalue weighted by molar-refractivity contribution is 14.1. The van der Waals surface area contributed by atoms with Gasteiger partial charge in [-0.25, -0.2) is 0 Å². The summed E-state index contributed by atoms with van der Waals surface area (Å²) in [6.45, 7) is 4.06. The third kappa shape index (κ3) is 3.98. The van der Waals surface area contributed by atoms with Crippen LogP contribution in [-0.4, -0.2) is 31.6 Å². The number of nitrogens with zero attached hydrogens (tertiary/aromatic N) is 3. The fourth-order valence-corrected chi connectivity index (χ4v) is 3.55. The van der Waals surface area contributed by atoms with Crippen molar-refractivity contribution in [2.24, 2.45) is 0 Å². The first-order valence-corrected chi connectivity index (χ1v) is 9.00. The molecule has 0 radical (unpaired) electrons. The summed E-state index contributed by atoms with van der Waals surface area (Å²) in [6, 6.07) is 6.11. The van der Waals surface area contributed by atoms with Gasteiger partial charge in [0.05, 0.1) is 5.75 Å². The Kier molecular flexibility index (Phi) is 5.67. The van der Waals surface area contributed by atoms with E-state index in [1.807, 2.05) is 36.6 Å². The molecule has 2 rings (SSSR count). The summed E-state index contributed by atoms with van der Waals surface area (Å²) in [5.41, 5.74) is 0.980. The van der Waals surface area contributed by atoms with Gasteiger partial charge in [-0.1, -0.05) is 27.7 Å². The van der Waals surface area contributed by atoms with E-state index in [4.69, 9.17) is 5.11 Å². The maximum atomic E-state index is 10.7. The third-order valence-electron chi connectivity index (χ3n) is 2.67. The first-order chi connectivity index (χ1) is 9.90. The van der Waals surface area contributed by atoms with E-state index < -0.39 is 5.97 Å². The molecule has 0 saturated carbocycles. The molecule has 0 aliphatic rings. The van der Waals surface area contributed by atoms with Gasteiger partial charge in [0.2, 0.25) is 0 Å². The van der Waals surface area contributed by atoms with E-state index in [0.717, 1.165) is 19.4 Å². The van der Waals surface area contributed by atoms with Crippen LogP contribution in [0.4, 0.5) is 0 Å². The molecule has 0 spiro atoms. The molecule has 0 atom stereocenters. The summed E-state index contributed by atoms with van der Waals surface area (Å²) in [7, 11) is 0. The molecule has 112 valence electrons. The second-order valence-electron chi connectivity index (χ2n) is 4.58. The SMILES string of the molecule is CC(C)n1c(SCC(=O)O)nnc1-c1cc(Br)ccc1I. The van der Waals surface area contributed by atoms with Crippen LogP contribution in [0.15, 0.2) is 27.8 Å². The third-order valence-corrected chi connectivity index (χ3v) is 5.04. The van der Waals surface area contributed by atoms with E-state index in [1.165, 1.54) is 11.8 Å². The van der Waals surface area contributed by atoms with Crippen LogP contribution in [0.2, 0.25) is 0 Å². The molecule has 1 aromatic heterocycles. The number of carboxylic acid groups (broad SMARTS) is 1. The number of hydrogen-bond donors (Lipinski definition) is 1. The van der Waals surface area contributed by atoms with Crippen LogP contribution in [0.5, 0.6) is 0 Å². The number of rotatable bonds is 5. The predicted octanol–water partition coefficient (Wildman–Crippen LogP) is 4.07. The van der Waals surface area contributed by atoms with E-state index in [1.54, 1.807) is 0 Å². The van der Waals surface area contributed by atoms with Crippen LogP contribution in [-0.2, 0) is 4.79 Å². The maximum absolute atomic E-state index is 10.7. The van der Waals surface area contributed by atoms with E-state index >= 15 is 0 Å². The van der Waals surface area contributed by atoms with Gasteiger partial charge >= 0.3 is 5.97 Å². The molecular formula is C13H13BrIN3O2S. The Morgan fingerprint density at radius 2 is 2.19 bits per heavy atom. The molecule has 0 unspecified atom stereocenters. The number of carbonyl (C=O) groups is 1. The first-order valence-electron chi connectivity index (χ1n) is 6.15. The minimum Gasteiger partial charge on any atom is -0.481 e. The van der Waals surface area contributed by atoms with Crippen LogP contribution in [0.1, 0.15) is 19.9 Å². The van der Waals surface area contributed by atoms with Crippen LogP contribution < -0.4 is 0 Å². The van der Waals surface area contributed by atoms with Gasteiger partial charge in [-0.05, 0) is 54.6 Å². The van der Waals surface area contributed by atoms with E-state index in [2.05, 4.69) is 48.7 Å². The minimum atomic E-state index is -0.864. The molecule has 0 fully saturated rings. The highest BCUT2D eigenvalue weighted by atomic mass is 127. The van der Waals surface area contributed by atoms with Crippen molar-refractivity contribution in [1.29, 1.82) is 0 Å². The number of thioether (sulfide) groups is 1. The molecule has 0 aliphatic carbocycles. The Balaban J connectivity index is 2.49. The van der Waals surface area contributed by atoms with Crippen LogP contribution in [0.25, 0.3) is 11.4 Å². The Bertz CT molecular complexity index is 675. The highest BCUT2D eigenvalue weighted by Gasteiger charge is 2.19. The van der Waals surface area contributed by atoms with E-state index in [-0.39, 0.29) is 11.8 Å². The molecule has 21 heavy (non-hydrogen) atoms. The average Bonchev–Trinajstić information content (AvgIpc) is 2.83. The zero-order chi connectivity index (χ0) is 15.6. The molecule has 2 aromatic rings. The van der Waals surface area contributed by atoms with Gasteiger partial charge in [0, 0.05) is 19.6 Å². The monoisotopic (exact) mass is 481 g/mol. The number of benzene rings is 1. The van der Waals surface area contributed by atoms with Crippen LogP contribution in [0, 0.1) is 3.57 Å². The van der Waals surface area contributed by atoms with Gasteiger partial charge < -0.3 is 5.11 Å². The lowest BCUT2D eigenvalue weighted by Gasteiger charge is -2.14. The maximum Gasteiger partial charge on any atom is 0.313 e. The summed E-state index contributed by atoms with van der Waals surface area (Å²) >= 11 is 6.91. The molecule has 1 heterocycles. The molecule has 8 heteroatoms. The lowest BCUT2D eigenvalue weighted by Crippen LogP contribution is -2.07. The molecule has 1 N–H and O–H groups in total. The van der Waals surface area contributed by atoms with Gasteiger partial charge in [0.1, 0.15) is 0 Å². The van der Waals surface area contributed by atoms with Crippen molar-refractivity contribution in [2.45, 2.75) is 25.0 Å². The number of carboxylic acids is 1. The number of aliphatic carboxylic acids is 1. The Morgan fingerprint density at radius 3 is 2.81 bits per heavy atom. The lowest BCUT2D eigenvalue weighted by molar-refractivity contribution is -0.133. The summed E-state index contributed by atoms with van der Waals surface area (Å²) < 4.78 is 4.01. The molecule has 5 nitrogen and oxygen atoms in total. The van der Waals surface area contributed by atoms with Crippen molar-refractivity contribution < 1.29 is 9.90 Å². The van der Waals surface area contributed by atoms with Crippen molar-refractivity contribution >= 4 is 56.3 Å². The van der Waals surface area contributed by atoms with Crippen molar-refractivity contribution in [1.82, 2.24) is 14.8 Å². The zero-order valence-corrected chi connectivity index (χ0v) is 15.9. The Labute approximate surface area is 148 Å². The average molecular weight is 482 g/mol. The molecule has 0 bridgehead atoms. The second kappa shape index (κ2) is 7.10. The lowest BCUT2D eigenvalue weighted by atomic mass is 10.2. The summed E-state index contributed by atoms with van der Waals surface area (Å²) in [6.07, 6.45) is 0. The number of hydrogen-bond acceptors (Lipinski definition) is 4. The van der Waals surface area contributed by atoms with Crippen LogP contribution in [0.3, 0.4) is 0 Å². The fourth-order valence-electron chi connectivity index (χ4n) is 1.82. The fraction of sp³-hybridized carbons (Fsp3) is 0.308. The van der Waals surface area contributed by atoms with Crippen molar-refractivity contribution in [3.8, 4) is 11.4 Å². The largest absolute Gasteiger partial charge is 0.481 e. The minimum absolute atomic E-state index is 0.0274. The normalized spacial score (nSPS) is 11.1. The standard InChI is InChI=1S/C13H13BrIN3O2S/c1-7(2)18-12(9-5-8(14)3-4-10(9)15)16-17-13(18)21-6-11(19)20/h3-5,7H,6H2,1-2H3,(H,19,20). The van der Waals surface area contributed by atoms with Gasteiger partial charge in [-0.15, -0.1) is 10.2 Å². The van der Waals surface area contributed by atoms with Gasteiger partial charge in [0.25, 0.3) is 0 Å². The zero-order valence-electron chi connectivity index (χ0n) is 11.4. The predicted molar refractivity (Wildman–Crippen MR) is 94.6 cm³/mol. The molecule has 0 saturated heterocycles. The topological polar surface area (TPSA) is 68.0 Å². The number of aromatic nitrogens is 3. The smallest absolute Gasteiger partial charge is 0.313 e. The van der Waals surface area contributed by atoms with Crippen molar-refractivity contribution in [2.75, 3.05) is 5.75 Å². The summed E-state index contributed by atoms with van der Waals surface area (Å²) in [4.78, 5) is 10.7. The Morgan fingerprint density at radius 1 is 1.48 bits per heavy atom. The van der Waals surface area contributed by atoms with Crippen molar-refractivity contribution in [3.05, 3.63) is 26.2 Å². The van der Waals surface area contributed by atoms with E-state index in [0.29, 0.717) is 5.16 Å². The van der Waals surface area contributed by atoms with E-state index in [9.17, 15) is 4.79 Å². The summed E-state index contributed by atoms with van der Waals surface area (Å²) in [5, 5.41) is 17.9. The summed E-state index contributed by atoms with van der Waals surface area (Å²) in [5.74, 6) is -0.138. The van der Waals surface area contributed by atoms with Crippen LogP contribution >= 0.6 is 50.3 Å². The van der Waals surface area contributed by atoms with Gasteiger partial charge in [-0.3, -0.25) is 9.36 Å². The first kappa shape index (κ1) is 16.8.